The van der Waals surface area contributed by atoms with E-state index in [1.165, 1.54) is 53.1 Å². The van der Waals surface area contributed by atoms with Crippen molar-refractivity contribution < 1.29 is 17.0 Å². The summed E-state index contributed by atoms with van der Waals surface area (Å²) < 4.78 is 2.44. The molecule has 190 valence electrons. The molecule has 2 heterocycles. The summed E-state index contributed by atoms with van der Waals surface area (Å²) in [6, 6.07) is 34.7. The third-order valence-corrected chi connectivity index (χ3v) is 9.17. The standard InChI is InChI=1S/C33H29N2S2.ClH/c1-3-34-28-23-22-24-14-11-12-19-27(24)33(28)37-29(34)20-13-21-30-35(4-2)31(25-15-7-5-8-16-25)32(36-30)26-17-9-6-10-18-26;/h5-23H,3-4H2,1-2H3;1H/q+1;/p-1. The first-order valence-corrected chi connectivity index (χ1v) is 14.4. The van der Waals surface area contributed by atoms with Gasteiger partial charge in [0, 0.05) is 23.1 Å². The van der Waals surface area contributed by atoms with Crippen molar-refractivity contribution in [3.63, 3.8) is 0 Å². The van der Waals surface area contributed by atoms with Gasteiger partial charge in [0.25, 0.3) is 5.01 Å². The topological polar surface area (TPSA) is 7.12 Å². The van der Waals surface area contributed by atoms with E-state index in [4.69, 9.17) is 0 Å². The van der Waals surface area contributed by atoms with Crippen molar-refractivity contribution >= 4 is 45.6 Å². The van der Waals surface area contributed by atoms with Gasteiger partial charge in [-0.3, -0.25) is 0 Å². The summed E-state index contributed by atoms with van der Waals surface area (Å²) in [5.74, 6) is 0. The molecule has 0 fully saturated rings. The Bertz CT molecular complexity index is 1620. The lowest BCUT2D eigenvalue weighted by Crippen LogP contribution is -3.00. The maximum atomic E-state index is 2.44. The zero-order valence-electron chi connectivity index (χ0n) is 21.5. The van der Waals surface area contributed by atoms with Gasteiger partial charge in [-0.15, -0.1) is 0 Å². The number of rotatable bonds is 6. The van der Waals surface area contributed by atoms with E-state index in [0.29, 0.717) is 0 Å². The number of thioether (sulfide) groups is 1. The average Bonchev–Trinajstić information content (AvgIpc) is 3.52. The first-order valence-electron chi connectivity index (χ1n) is 12.8. The van der Waals surface area contributed by atoms with Crippen LogP contribution in [0.1, 0.15) is 18.9 Å². The van der Waals surface area contributed by atoms with E-state index in [1.807, 2.05) is 23.1 Å². The van der Waals surface area contributed by atoms with E-state index in [-0.39, 0.29) is 12.4 Å². The predicted octanol–water partition coefficient (Wildman–Crippen LogP) is 6.03. The molecule has 2 nitrogen and oxygen atoms in total. The first kappa shape index (κ1) is 26.3. The van der Waals surface area contributed by atoms with Crippen LogP contribution in [0, 0.1) is 0 Å². The van der Waals surface area contributed by atoms with Gasteiger partial charge in [-0.25, -0.2) is 0 Å². The molecular weight excluding hydrogens is 524 g/mol. The smallest absolute Gasteiger partial charge is 0.262 e. The van der Waals surface area contributed by atoms with E-state index in [0.717, 1.165) is 13.1 Å². The summed E-state index contributed by atoms with van der Waals surface area (Å²) in [6.07, 6.45) is 6.77. The SMILES string of the molecule is CCN1/C(=C\C=C\c2sc(-c3ccccc3)c(-c3ccccc3)[n+]2CC)Sc2c1ccc1ccccc21.[Cl-]. The second-order valence-corrected chi connectivity index (χ2v) is 11.0. The summed E-state index contributed by atoms with van der Waals surface area (Å²) >= 11 is 3.74. The van der Waals surface area contributed by atoms with Crippen molar-refractivity contribution in [2.24, 2.45) is 0 Å². The Kier molecular flexibility index (Phi) is 8.04. The molecule has 0 amide bonds. The minimum atomic E-state index is 0. The molecule has 0 bridgehead atoms. The molecule has 0 unspecified atom stereocenters. The second kappa shape index (κ2) is 11.6. The molecule has 0 saturated carbocycles. The summed E-state index contributed by atoms with van der Waals surface area (Å²) in [5.41, 5.74) is 5.11. The van der Waals surface area contributed by atoms with Crippen LogP contribution in [0.25, 0.3) is 38.5 Å². The molecule has 5 aromatic rings. The van der Waals surface area contributed by atoms with Crippen molar-refractivity contribution in [3.05, 3.63) is 119 Å². The summed E-state index contributed by atoms with van der Waals surface area (Å²) in [5, 5.41) is 5.16. The fraction of sp³-hybridized carbons (Fsp3) is 0.121. The van der Waals surface area contributed by atoms with Crippen LogP contribution >= 0.6 is 23.1 Å². The van der Waals surface area contributed by atoms with Crippen molar-refractivity contribution in [1.82, 2.24) is 0 Å². The Labute approximate surface area is 239 Å². The molecule has 0 radical (unpaired) electrons. The van der Waals surface area contributed by atoms with Gasteiger partial charge in [-0.2, -0.15) is 4.57 Å². The second-order valence-electron chi connectivity index (χ2n) is 8.94. The number of fused-ring (bicyclic) bond motifs is 3. The maximum absolute atomic E-state index is 2.44. The molecule has 1 aliphatic rings. The van der Waals surface area contributed by atoms with Crippen LogP contribution in [0.3, 0.4) is 0 Å². The highest BCUT2D eigenvalue weighted by molar-refractivity contribution is 8.04. The van der Waals surface area contributed by atoms with Gasteiger partial charge in [-0.05, 0) is 54.5 Å². The van der Waals surface area contributed by atoms with Crippen LogP contribution in [0.2, 0.25) is 0 Å². The number of hydrogen-bond acceptors (Lipinski definition) is 3. The summed E-state index contributed by atoms with van der Waals surface area (Å²) in [4.78, 5) is 5.09. The van der Waals surface area contributed by atoms with Crippen molar-refractivity contribution in [2.45, 2.75) is 25.3 Å². The molecule has 0 N–H and O–H groups in total. The van der Waals surface area contributed by atoms with Gasteiger partial charge < -0.3 is 17.3 Å². The monoisotopic (exact) mass is 552 g/mol. The third-order valence-electron chi connectivity index (χ3n) is 6.77. The van der Waals surface area contributed by atoms with Crippen LogP contribution in [0.15, 0.2) is 119 Å². The number of hydrogen-bond donors (Lipinski definition) is 0. The largest absolute Gasteiger partial charge is 1.00 e. The molecule has 0 spiro atoms. The Hall–Kier alpha value is -3.31. The van der Waals surface area contributed by atoms with Crippen molar-refractivity contribution in [1.29, 1.82) is 0 Å². The highest BCUT2D eigenvalue weighted by Crippen LogP contribution is 2.49. The Balaban J connectivity index is 0.00000294. The van der Waals surface area contributed by atoms with Crippen LogP contribution < -0.4 is 21.9 Å². The number of benzene rings is 4. The Morgan fingerprint density at radius 2 is 1.47 bits per heavy atom. The fourth-order valence-electron chi connectivity index (χ4n) is 5.04. The van der Waals surface area contributed by atoms with E-state index < -0.39 is 0 Å². The Morgan fingerprint density at radius 1 is 0.789 bits per heavy atom. The quantitative estimate of drug-likeness (QED) is 0.237. The molecule has 5 heteroatoms. The number of anilines is 1. The zero-order valence-corrected chi connectivity index (χ0v) is 23.9. The van der Waals surface area contributed by atoms with E-state index in [2.05, 4.69) is 139 Å². The normalized spacial score (nSPS) is 13.8. The average molecular weight is 553 g/mol. The fourth-order valence-corrected chi connectivity index (χ4v) is 7.58. The lowest BCUT2D eigenvalue weighted by molar-refractivity contribution is -0.679. The molecule has 4 aromatic carbocycles. The van der Waals surface area contributed by atoms with Gasteiger partial charge in [0.05, 0.1) is 10.7 Å². The molecule has 6 rings (SSSR count). The zero-order chi connectivity index (χ0) is 25.2. The third kappa shape index (κ3) is 4.80. The molecule has 0 saturated heterocycles. The minimum Gasteiger partial charge on any atom is -1.00 e. The van der Waals surface area contributed by atoms with Crippen molar-refractivity contribution in [2.75, 3.05) is 11.4 Å². The van der Waals surface area contributed by atoms with Crippen molar-refractivity contribution in [3.8, 4) is 21.7 Å². The van der Waals surface area contributed by atoms with Crippen LogP contribution in [-0.2, 0) is 6.54 Å². The van der Waals surface area contributed by atoms with Crippen LogP contribution in [0.5, 0.6) is 0 Å². The van der Waals surface area contributed by atoms with E-state index >= 15 is 0 Å². The van der Waals surface area contributed by atoms with Gasteiger partial charge in [0.15, 0.2) is 0 Å². The molecule has 0 atom stereocenters. The van der Waals surface area contributed by atoms with Gasteiger partial charge in [-0.1, -0.05) is 108 Å². The lowest BCUT2D eigenvalue weighted by atomic mass is 10.1. The predicted molar refractivity (Wildman–Crippen MR) is 161 cm³/mol. The summed E-state index contributed by atoms with van der Waals surface area (Å²) in [6.45, 7) is 6.32. The van der Waals surface area contributed by atoms with Gasteiger partial charge in [0.1, 0.15) is 11.4 Å². The number of halogens is 1. The highest BCUT2D eigenvalue weighted by atomic mass is 35.5. The molecular formula is C33H29ClN2S2. The minimum absolute atomic E-state index is 0. The number of thiazole rings is 1. The van der Waals surface area contributed by atoms with Crippen LogP contribution in [0.4, 0.5) is 5.69 Å². The lowest BCUT2D eigenvalue weighted by Gasteiger charge is -2.17. The number of nitrogens with zero attached hydrogens (tertiary/aromatic N) is 2. The Morgan fingerprint density at radius 3 is 2.18 bits per heavy atom. The number of allylic oxidation sites excluding steroid dienone is 2. The van der Waals surface area contributed by atoms with E-state index in [9.17, 15) is 0 Å². The molecule has 1 aromatic heterocycles. The van der Waals surface area contributed by atoms with Crippen LogP contribution in [-0.4, -0.2) is 6.54 Å². The maximum Gasteiger partial charge on any atom is 0.262 e. The first-order chi connectivity index (χ1) is 18.3. The number of aromatic nitrogens is 1. The highest BCUT2D eigenvalue weighted by Gasteiger charge is 2.27. The van der Waals surface area contributed by atoms with Gasteiger partial charge in [0.2, 0.25) is 5.69 Å². The summed E-state index contributed by atoms with van der Waals surface area (Å²) in [7, 11) is 0. The molecule has 38 heavy (non-hydrogen) atoms. The molecule has 0 aliphatic carbocycles. The van der Waals surface area contributed by atoms with Gasteiger partial charge >= 0.3 is 0 Å². The van der Waals surface area contributed by atoms with E-state index in [1.54, 1.807) is 0 Å². The molecule has 1 aliphatic heterocycles.